The van der Waals surface area contributed by atoms with Gasteiger partial charge in [-0.3, -0.25) is 0 Å². The first-order valence-corrected chi connectivity index (χ1v) is 8.66. The first-order chi connectivity index (χ1) is 9.93. The summed E-state index contributed by atoms with van der Waals surface area (Å²) in [4.78, 5) is 0.329. The van der Waals surface area contributed by atoms with Crippen LogP contribution in [0.25, 0.3) is 0 Å². The van der Waals surface area contributed by atoms with Crippen molar-refractivity contribution in [3.63, 3.8) is 0 Å². The van der Waals surface area contributed by atoms with Gasteiger partial charge >= 0.3 is 0 Å². The number of nitrogens with one attached hydrogen (secondary N) is 1. The highest BCUT2D eigenvalue weighted by Gasteiger charge is 2.20. The molecule has 0 aliphatic rings. The van der Waals surface area contributed by atoms with Crippen LogP contribution in [0.1, 0.15) is 31.9 Å². The number of nitrogens with zero attached hydrogens (tertiary/aromatic N) is 1. The van der Waals surface area contributed by atoms with Crippen LogP contribution >= 0.6 is 0 Å². The zero-order valence-electron chi connectivity index (χ0n) is 13.3. The number of hydrogen-bond acceptors (Lipinski definition) is 4. The Kier molecular flexibility index (Phi) is 7.31. The molecule has 1 aromatic carbocycles. The minimum atomic E-state index is -3.42. The SMILES string of the molecule is CCNC(C)c1ccc(S(=O)(=O)N(C)CCCOC)cc1. The average molecular weight is 314 g/mol. The van der Waals surface area contributed by atoms with E-state index in [1.54, 1.807) is 26.3 Å². The molecule has 0 radical (unpaired) electrons. The molecule has 0 aliphatic heterocycles. The smallest absolute Gasteiger partial charge is 0.242 e. The summed E-state index contributed by atoms with van der Waals surface area (Å²) in [6.45, 7) is 5.99. The summed E-state index contributed by atoms with van der Waals surface area (Å²) in [5.41, 5.74) is 1.08. The van der Waals surface area contributed by atoms with Crippen LogP contribution in [0.4, 0.5) is 0 Å². The standard InChI is InChI=1S/C15H26N2O3S/c1-5-16-13(2)14-7-9-15(10-8-14)21(18,19)17(3)11-6-12-20-4/h7-10,13,16H,5-6,11-12H2,1-4H3. The molecule has 0 saturated carbocycles. The third-order valence-corrected chi connectivity index (χ3v) is 5.29. The maximum atomic E-state index is 12.4. The van der Waals surface area contributed by atoms with Gasteiger partial charge in [0.1, 0.15) is 0 Å². The molecule has 1 rings (SSSR count). The summed E-state index contributed by atoms with van der Waals surface area (Å²) < 4.78 is 31.1. The van der Waals surface area contributed by atoms with Gasteiger partial charge in [0.2, 0.25) is 10.0 Å². The van der Waals surface area contributed by atoms with Crippen molar-refractivity contribution in [2.24, 2.45) is 0 Å². The number of hydrogen-bond donors (Lipinski definition) is 1. The molecule has 0 saturated heterocycles. The quantitative estimate of drug-likeness (QED) is 0.709. The Labute approximate surface area is 128 Å². The number of methoxy groups -OCH3 is 1. The van der Waals surface area contributed by atoms with Crippen molar-refractivity contribution in [1.29, 1.82) is 0 Å². The van der Waals surface area contributed by atoms with E-state index in [9.17, 15) is 8.42 Å². The summed E-state index contributed by atoms with van der Waals surface area (Å²) in [6, 6.07) is 7.29. The van der Waals surface area contributed by atoms with Crippen LogP contribution in [0.3, 0.4) is 0 Å². The topological polar surface area (TPSA) is 58.6 Å². The van der Waals surface area contributed by atoms with Crippen molar-refractivity contribution in [2.75, 3.05) is 33.9 Å². The van der Waals surface area contributed by atoms with Gasteiger partial charge in [-0.25, -0.2) is 12.7 Å². The molecular weight excluding hydrogens is 288 g/mol. The Morgan fingerprint density at radius 3 is 2.43 bits per heavy atom. The molecule has 21 heavy (non-hydrogen) atoms. The zero-order chi connectivity index (χ0) is 15.9. The van der Waals surface area contributed by atoms with Gasteiger partial charge in [-0.15, -0.1) is 0 Å². The number of benzene rings is 1. The van der Waals surface area contributed by atoms with Crippen LogP contribution in [0.2, 0.25) is 0 Å². The zero-order valence-corrected chi connectivity index (χ0v) is 14.1. The monoisotopic (exact) mass is 314 g/mol. The van der Waals surface area contributed by atoms with Crippen LogP contribution in [0, 0.1) is 0 Å². The van der Waals surface area contributed by atoms with Crippen molar-refractivity contribution in [3.05, 3.63) is 29.8 Å². The normalized spacial score (nSPS) is 13.6. The van der Waals surface area contributed by atoms with Crippen LogP contribution in [0.15, 0.2) is 29.2 Å². The van der Waals surface area contributed by atoms with Gasteiger partial charge in [0.05, 0.1) is 4.90 Å². The highest BCUT2D eigenvalue weighted by Crippen LogP contribution is 2.18. The lowest BCUT2D eigenvalue weighted by molar-refractivity contribution is 0.189. The third-order valence-electron chi connectivity index (χ3n) is 3.42. The Morgan fingerprint density at radius 2 is 1.90 bits per heavy atom. The van der Waals surface area contributed by atoms with Crippen molar-refractivity contribution in [2.45, 2.75) is 31.2 Å². The van der Waals surface area contributed by atoms with E-state index in [4.69, 9.17) is 4.74 Å². The van der Waals surface area contributed by atoms with E-state index < -0.39 is 10.0 Å². The second-order valence-electron chi connectivity index (χ2n) is 5.02. The van der Waals surface area contributed by atoms with Gasteiger partial charge in [-0.05, 0) is 37.6 Å². The Bertz CT molecular complexity index is 514. The summed E-state index contributed by atoms with van der Waals surface area (Å²) >= 11 is 0. The van der Waals surface area contributed by atoms with Gasteiger partial charge < -0.3 is 10.1 Å². The first-order valence-electron chi connectivity index (χ1n) is 7.22. The molecule has 1 aromatic rings. The minimum Gasteiger partial charge on any atom is -0.385 e. The molecule has 120 valence electrons. The molecule has 0 heterocycles. The minimum absolute atomic E-state index is 0.214. The molecule has 1 atom stereocenters. The lowest BCUT2D eigenvalue weighted by Gasteiger charge is -2.18. The molecule has 0 aliphatic carbocycles. The van der Waals surface area contributed by atoms with Crippen LogP contribution in [-0.2, 0) is 14.8 Å². The molecule has 0 spiro atoms. The fourth-order valence-corrected chi connectivity index (χ4v) is 3.29. The van der Waals surface area contributed by atoms with Crippen LogP contribution < -0.4 is 5.32 Å². The highest BCUT2D eigenvalue weighted by atomic mass is 32.2. The van der Waals surface area contributed by atoms with Crippen molar-refractivity contribution in [3.8, 4) is 0 Å². The van der Waals surface area contributed by atoms with Crippen LogP contribution in [-0.4, -0.2) is 46.6 Å². The maximum absolute atomic E-state index is 12.4. The van der Waals surface area contributed by atoms with E-state index in [2.05, 4.69) is 12.2 Å². The molecule has 1 N–H and O–H groups in total. The Hall–Kier alpha value is -0.950. The van der Waals surface area contributed by atoms with Gasteiger partial charge in [-0.2, -0.15) is 0 Å². The molecule has 1 unspecified atom stereocenters. The summed E-state index contributed by atoms with van der Waals surface area (Å²) in [5, 5.41) is 3.30. The molecule has 0 fully saturated rings. The molecule has 0 bridgehead atoms. The molecular formula is C15H26N2O3S. The summed E-state index contributed by atoms with van der Waals surface area (Å²) in [7, 11) is -0.210. The fraction of sp³-hybridized carbons (Fsp3) is 0.600. The van der Waals surface area contributed by atoms with Crippen LogP contribution in [0.5, 0.6) is 0 Å². The van der Waals surface area contributed by atoms with Gasteiger partial charge in [0.15, 0.2) is 0 Å². The fourth-order valence-electron chi connectivity index (χ4n) is 2.08. The van der Waals surface area contributed by atoms with Crippen molar-refractivity contribution >= 4 is 10.0 Å². The van der Waals surface area contributed by atoms with E-state index >= 15 is 0 Å². The van der Waals surface area contributed by atoms with E-state index in [1.165, 1.54) is 4.31 Å². The van der Waals surface area contributed by atoms with E-state index in [0.29, 0.717) is 24.5 Å². The van der Waals surface area contributed by atoms with Gasteiger partial charge in [-0.1, -0.05) is 19.1 Å². The molecule has 5 nitrogen and oxygen atoms in total. The predicted octanol–water partition coefficient (Wildman–Crippen LogP) is 2.01. The number of ether oxygens (including phenoxy) is 1. The Morgan fingerprint density at radius 1 is 1.29 bits per heavy atom. The van der Waals surface area contributed by atoms with E-state index in [-0.39, 0.29) is 6.04 Å². The lowest BCUT2D eigenvalue weighted by atomic mass is 10.1. The Balaban J connectivity index is 2.79. The third kappa shape index (κ3) is 5.07. The van der Waals surface area contributed by atoms with E-state index in [1.807, 2.05) is 19.1 Å². The predicted molar refractivity (Wildman–Crippen MR) is 84.8 cm³/mol. The summed E-state index contributed by atoms with van der Waals surface area (Å²) in [6.07, 6.45) is 0.682. The molecule has 6 heteroatoms. The maximum Gasteiger partial charge on any atom is 0.242 e. The highest BCUT2D eigenvalue weighted by molar-refractivity contribution is 7.89. The van der Waals surface area contributed by atoms with E-state index in [0.717, 1.165) is 12.1 Å². The largest absolute Gasteiger partial charge is 0.385 e. The average Bonchev–Trinajstić information content (AvgIpc) is 2.47. The number of rotatable bonds is 9. The summed E-state index contributed by atoms with van der Waals surface area (Å²) in [5.74, 6) is 0. The molecule has 0 amide bonds. The van der Waals surface area contributed by atoms with Crippen molar-refractivity contribution in [1.82, 2.24) is 9.62 Å². The second kappa shape index (κ2) is 8.48. The van der Waals surface area contributed by atoms with Gasteiger partial charge in [0.25, 0.3) is 0 Å². The van der Waals surface area contributed by atoms with Crippen molar-refractivity contribution < 1.29 is 13.2 Å². The second-order valence-corrected chi connectivity index (χ2v) is 7.07. The molecule has 0 aromatic heterocycles. The number of sulfonamides is 1. The first kappa shape index (κ1) is 18.1. The van der Waals surface area contributed by atoms with Gasteiger partial charge in [0, 0.05) is 33.4 Å². The lowest BCUT2D eigenvalue weighted by Crippen LogP contribution is -2.28.